The van der Waals surface area contributed by atoms with Crippen molar-refractivity contribution < 1.29 is 0 Å². The van der Waals surface area contributed by atoms with Crippen LogP contribution in [0, 0.1) is 21.3 Å². The lowest BCUT2D eigenvalue weighted by Gasteiger charge is -2.63. The Balaban J connectivity index is 1.75. The van der Waals surface area contributed by atoms with Crippen LogP contribution in [0.4, 0.5) is 0 Å². The second-order valence-electron chi connectivity index (χ2n) is 7.24. The summed E-state index contributed by atoms with van der Waals surface area (Å²) in [6.45, 7) is 10.4. The molecule has 0 amide bonds. The van der Waals surface area contributed by atoms with Crippen LogP contribution in [0.2, 0.25) is 0 Å². The highest BCUT2D eigenvalue weighted by molar-refractivity contribution is 14.1. The van der Waals surface area contributed by atoms with Crippen molar-refractivity contribution in [3.05, 3.63) is 13.9 Å². The first-order valence-corrected chi connectivity index (χ1v) is 8.75. The highest BCUT2D eigenvalue weighted by Gasteiger charge is 2.59. The number of nitrogens with one attached hydrogen (secondary N) is 1. The minimum Gasteiger partial charge on any atom is -0.312 e. The second kappa shape index (κ2) is 4.44. The average Bonchev–Trinajstić information content (AvgIpc) is 2.41. The summed E-state index contributed by atoms with van der Waals surface area (Å²) in [4.78, 5) is 0. The van der Waals surface area contributed by atoms with Crippen LogP contribution in [0.1, 0.15) is 45.3 Å². The summed E-state index contributed by atoms with van der Waals surface area (Å²) in [7, 11) is 0. The van der Waals surface area contributed by atoms with Crippen LogP contribution in [0.25, 0.3) is 0 Å². The summed E-state index contributed by atoms with van der Waals surface area (Å²) in [5, 5.41) is 8.29. The molecule has 1 aromatic heterocycles. The van der Waals surface area contributed by atoms with Gasteiger partial charge in [-0.1, -0.05) is 20.8 Å². The Morgan fingerprint density at radius 3 is 2.42 bits per heavy atom. The quantitative estimate of drug-likeness (QED) is 0.675. The zero-order valence-corrected chi connectivity index (χ0v) is 15.7. The molecule has 2 heterocycles. The first-order valence-electron chi connectivity index (χ1n) is 6.88. The lowest BCUT2D eigenvalue weighted by atomic mass is 9.52. The Morgan fingerprint density at radius 2 is 2.05 bits per heavy atom. The molecule has 0 bridgehead atoms. The fraction of sp³-hybridized carbons (Fsp3) is 0.786. The maximum atomic E-state index is 4.65. The van der Waals surface area contributed by atoms with Gasteiger partial charge in [0.1, 0.15) is 4.60 Å². The molecule has 106 valence electrons. The van der Waals surface area contributed by atoms with E-state index in [9.17, 15) is 0 Å². The summed E-state index contributed by atoms with van der Waals surface area (Å²) in [5.41, 5.74) is 2.18. The van der Waals surface area contributed by atoms with Gasteiger partial charge in [0.2, 0.25) is 0 Å². The number of rotatable bonds is 1. The minimum atomic E-state index is 0.359. The third-order valence-corrected chi connectivity index (χ3v) is 7.39. The molecule has 1 aromatic rings. The fourth-order valence-electron chi connectivity index (χ4n) is 3.97. The third-order valence-electron chi connectivity index (χ3n) is 4.80. The summed E-state index contributed by atoms with van der Waals surface area (Å²) < 4.78 is 4.47. The second-order valence-corrected chi connectivity index (χ2v) is 9.07. The maximum absolute atomic E-state index is 4.65. The SMILES string of the molecule is Cc1c(I)c(Br)nn1C1CC2(CNC2C(C)(C)C)C1. The first-order chi connectivity index (χ1) is 8.74. The minimum absolute atomic E-state index is 0.359. The topological polar surface area (TPSA) is 29.9 Å². The predicted molar refractivity (Wildman–Crippen MR) is 89.3 cm³/mol. The molecule has 19 heavy (non-hydrogen) atoms. The van der Waals surface area contributed by atoms with Crippen molar-refractivity contribution >= 4 is 38.5 Å². The van der Waals surface area contributed by atoms with E-state index in [0.29, 0.717) is 22.9 Å². The van der Waals surface area contributed by atoms with Crippen molar-refractivity contribution in [2.45, 2.75) is 52.6 Å². The van der Waals surface area contributed by atoms with E-state index < -0.39 is 0 Å². The van der Waals surface area contributed by atoms with Crippen molar-refractivity contribution in [2.75, 3.05) is 6.54 Å². The monoisotopic (exact) mass is 437 g/mol. The van der Waals surface area contributed by atoms with Crippen molar-refractivity contribution in [1.29, 1.82) is 0 Å². The molecule has 1 N–H and O–H groups in total. The zero-order valence-electron chi connectivity index (χ0n) is 11.9. The Labute approximate surface area is 137 Å². The molecule has 2 aliphatic rings. The molecule has 1 saturated carbocycles. The van der Waals surface area contributed by atoms with Crippen molar-refractivity contribution in [3.8, 4) is 0 Å². The molecule has 1 aliphatic carbocycles. The molecule has 2 fully saturated rings. The van der Waals surface area contributed by atoms with E-state index in [-0.39, 0.29) is 0 Å². The van der Waals surface area contributed by atoms with Gasteiger partial charge in [-0.2, -0.15) is 5.10 Å². The maximum Gasteiger partial charge on any atom is 0.141 e. The smallest absolute Gasteiger partial charge is 0.141 e. The Bertz CT molecular complexity index is 511. The van der Waals surface area contributed by atoms with E-state index >= 15 is 0 Å². The lowest BCUT2D eigenvalue weighted by Crippen LogP contribution is -2.71. The van der Waals surface area contributed by atoms with Crippen LogP contribution < -0.4 is 5.32 Å². The molecule has 1 saturated heterocycles. The van der Waals surface area contributed by atoms with Crippen LogP contribution in [0.5, 0.6) is 0 Å². The molecule has 1 atom stereocenters. The van der Waals surface area contributed by atoms with E-state index in [2.05, 4.69) is 81.3 Å². The summed E-state index contributed by atoms with van der Waals surface area (Å²) in [6, 6.07) is 1.25. The lowest BCUT2D eigenvalue weighted by molar-refractivity contribution is -0.0901. The molecule has 0 radical (unpaired) electrons. The van der Waals surface area contributed by atoms with Crippen LogP contribution in [0.15, 0.2) is 4.60 Å². The number of halogens is 2. The van der Waals surface area contributed by atoms with Gasteiger partial charge in [-0.15, -0.1) is 0 Å². The van der Waals surface area contributed by atoms with E-state index in [1.54, 1.807) is 0 Å². The number of aromatic nitrogens is 2. The normalized spacial score (nSPS) is 34.2. The molecule has 3 nitrogen and oxygen atoms in total. The van der Waals surface area contributed by atoms with Crippen LogP contribution >= 0.6 is 38.5 Å². The van der Waals surface area contributed by atoms with E-state index in [4.69, 9.17) is 0 Å². The van der Waals surface area contributed by atoms with Gasteiger partial charge in [-0.3, -0.25) is 4.68 Å². The largest absolute Gasteiger partial charge is 0.312 e. The zero-order chi connectivity index (χ0) is 14.0. The van der Waals surface area contributed by atoms with Crippen LogP contribution in [-0.2, 0) is 0 Å². The fourth-order valence-corrected chi connectivity index (χ4v) is 4.78. The number of hydrogen-bond acceptors (Lipinski definition) is 2. The molecular weight excluding hydrogens is 417 g/mol. The molecule has 5 heteroatoms. The van der Waals surface area contributed by atoms with Crippen LogP contribution in [0.3, 0.4) is 0 Å². The van der Waals surface area contributed by atoms with Gasteiger partial charge in [-0.05, 0) is 63.7 Å². The van der Waals surface area contributed by atoms with Gasteiger partial charge in [0.25, 0.3) is 0 Å². The molecule has 3 rings (SSSR count). The highest BCUT2D eigenvalue weighted by atomic mass is 127. The Kier molecular flexibility index (Phi) is 3.34. The van der Waals surface area contributed by atoms with Crippen molar-refractivity contribution in [3.63, 3.8) is 0 Å². The number of nitrogens with zero attached hydrogens (tertiary/aromatic N) is 2. The standard InChI is InChI=1S/C14H21BrIN3/c1-8-10(16)11(15)18-19(8)9-5-14(6-9)7-17-12(14)13(2,3)4/h9,12,17H,5-7H2,1-4H3. The van der Waals surface area contributed by atoms with Gasteiger partial charge in [-0.25, -0.2) is 0 Å². The van der Waals surface area contributed by atoms with E-state index in [1.165, 1.54) is 28.7 Å². The average molecular weight is 438 g/mol. The summed E-state index contributed by atoms with van der Waals surface area (Å²) in [6.07, 6.45) is 2.54. The Hall–Kier alpha value is 0.380. The molecule has 0 aromatic carbocycles. The Morgan fingerprint density at radius 1 is 1.42 bits per heavy atom. The predicted octanol–water partition coefficient (Wildman–Crippen LogP) is 3.90. The van der Waals surface area contributed by atoms with Gasteiger partial charge in [0, 0.05) is 18.0 Å². The van der Waals surface area contributed by atoms with Gasteiger partial charge >= 0.3 is 0 Å². The van der Waals surface area contributed by atoms with E-state index in [1.807, 2.05) is 0 Å². The van der Waals surface area contributed by atoms with E-state index in [0.717, 1.165) is 4.60 Å². The van der Waals surface area contributed by atoms with Crippen LogP contribution in [-0.4, -0.2) is 22.4 Å². The van der Waals surface area contributed by atoms with Crippen molar-refractivity contribution in [2.24, 2.45) is 10.8 Å². The highest BCUT2D eigenvalue weighted by Crippen LogP contribution is 2.58. The molecule has 1 unspecified atom stereocenters. The third kappa shape index (κ3) is 2.11. The van der Waals surface area contributed by atoms with Crippen molar-refractivity contribution in [1.82, 2.24) is 15.1 Å². The number of hydrogen-bond donors (Lipinski definition) is 1. The summed E-state index contributed by atoms with van der Waals surface area (Å²) >= 11 is 5.91. The first kappa shape index (κ1) is 14.3. The molecule has 1 aliphatic heterocycles. The molecular formula is C14H21BrIN3. The molecule has 1 spiro atoms. The van der Waals surface area contributed by atoms with Gasteiger partial charge in [0.15, 0.2) is 0 Å². The summed E-state index contributed by atoms with van der Waals surface area (Å²) in [5.74, 6) is 0. The van der Waals surface area contributed by atoms with Gasteiger partial charge in [0.05, 0.1) is 15.3 Å². The van der Waals surface area contributed by atoms with Gasteiger partial charge < -0.3 is 5.32 Å².